The maximum absolute atomic E-state index is 13.5. The summed E-state index contributed by atoms with van der Waals surface area (Å²) in [5.74, 6) is -3.97. The lowest BCUT2D eigenvalue weighted by molar-refractivity contribution is -0.170. The van der Waals surface area contributed by atoms with E-state index in [1.807, 2.05) is 0 Å². The summed E-state index contributed by atoms with van der Waals surface area (Å²) in [4.78, 5) is 49.3. The van der Waals surface area contributed by atoms with Crippen molar-refractivity contribution < 1.29 is 38.9 Å². The van der Waals surface area contributed by atoms with Crippen LogP contribution in [0.25, 0.3) is 0 Å². The van der Waals surface area contributed by atoms with Crippen molar-refractivity contribution in [2.45, 2.75) is 56.1 Å². The highest BCUT2D eigenvalue weighted by atomic mass is 16.6. The summed E-state index contributed by atoms with van der Waals surface area (Å²) < 4.78 is 10.6. The van der Waals surface area contributed by atoms with Crippen molar-refractivity contribution in [1.82, 2.24) is 5.32 Å². The molecule has 0 saturated heterocycles. The number of hydrogen-bond donors (Lipinski definition) is 4. The van der Waals surface area contributed by atoms with Crippen LogP contribution in [-0.4, -0.2) is 51.7 Å². The van der Waals surface area contributed by atoms with Crippen molar-refractivity contribution in [1.29, 1.82) is 0 Å². The van der Waals surface area contributed by atoms with Gasteiger partial charge in [0.2, 0.25) is 5.91 Å². The molecule has 0 radical (unpaired) electrons. The lowest BCUT2D eigenvalue weighted by atomic mass is 9.84. The number of carboxylic acid groups (broad SMARTS) is 1. The van der Waals surface area contributed by atoms with E-state index >= 15 is 0 Å². The van der Waals surface area contributed by atoms with Gasteiger partial charge in [-0.25, -0.2) is 4.79 Å². The molecule has 1 saturated carbocycles. The highest BCUT2D eigenvalue weighted by Crippen LogP contribution is 2.45. The average molecular weight is 485 g/mol. The molecule has 5 N–H and O–H groups in total. The molecule has 1 aliphatic carbocycles. The van der Waals surface area contributed by atoms with Gasteiger partial charge in [-0.3, -0.25) is 14.4 Å². The Morgan fingerprint density at radius 3 is 2.06 bits per heavy atom. The van der Waals surface area contributed by atoms with Crippen LogP contribution in [0, 0.1) is 0 Å². The molecule has 0 aromatic heterocycles. The summed E-state index contributed by atoms with van der Waals surface area (Å²) in [5.41, 5.74) is 3.42. The Balaban J connectivity index is 1.97. The third kappa shape index (κ3) is 5.33. The van der Waals surface area contributed by atoms with E-state index in [0.717, 1.165) is 13.8 Å². The summed E-state index contributed by atoms with van der Waals surface area (Å²) in [6.07, 6.45) is -3.01. The molecule has 5 unspecified atom stereocenters. The minimum Gasteiger partial charge on any atom is -0.480 e. The van der Waals surface area contributed by atoms with Crippen LogP contribution in [-0.2, 0) is 34.3 Å². The number of carbonyl (C=O) groups excluding carboxylic acids is 3. The molecular weight excluding hydrogens is 456 g/mol. The zero-order valence-corrected chi connectivity index (χ0v) is 19.3. The molecule has 0 bridgehead atoms. The largest absolute Gasteiger partial charge is 0.480 e. The molecule has 35 heavy (non-hydrogen) atoms. The summed E-state index contributed by atoms with van der Waals surface area (Å²) in [6.45, 7) is 2.24. The van der Waals surface area contributed by atoms with Gasteiger partial charge in [0.1, 0.15) is 11.1 Å². The number of ether oxygens (including phenoxy) is 2. The van der Waals surface area contributed by atoms with E-state index in [9.17, 15) is 29.4 Å². The third-order valence-corrected chi connectivity index (χ3v) is 6.08. The standard InChI is InChI=1S/C25H28N2O8/c1-15(28)34-20(17-9-5-3-6-10-17)19(21(30)31)27-23(32)24(26)13-14-25(33,22(24)35-16(2)29)18-11-7-4-8-12-18/h3-12,19-20,22,33H,13-14,26H2,1-2H3,(H,27,32)(H,30,31). The number of nitrogens with two attached hydrogens (primary N) is 1. The van der Waals surface area contributed by atoms with Crippen LogP contribution >= 0.6 is 0 Å². The van der Waals surface area contributed by atoms with Crippen LogP contribution in [0.1, 0.15) is 43.9 Å². The molecule has 3 rings (SSSR count). The number of benzene rings is 2. The van der Waals surface area contributed by atoms with Crippen molar-refractivity contribution in [2.75, 3.05) is 0 Å². The second-order valence-corrected chi connectivity index (χ2v) is 8.55. The summed E-state index contributed by atoms with van der Waals surface area (Å²) in [5, 5.41) is 23.7. The highest BCUT2D eigenvalue weighted by Gasteiger charge is 2.62. The molecule has 5 atom stereocenters. The molecule has 10 nitrogen and oxygen atoms in total. The van der Waals surface area contributed by atoms with Crippen LogP contribution < -0.4 is 11.1 Å². The van der Waals surface area contributed by atoms with E-state index in [0.29, 0.717) is 11.1 Å². The first kappa shape index (κ1) is 25.9. The third-order valence-electron chi connectivity index (χ3n) is 6.08. The fraction of sp³-hybridized carbons (Fsp3) is 0.360. The minimum atomic E-state index is -1.97. The van der Waals surface area contributed by atoms with Gasteiger partial charge in [-0.2, -0.15) is 0 Å². The van der Waals surface area contributed by atoms with Crippen molar-refractivity contribution >= 4 is 23.8 Å². The van der Waals surface area contributed by atoms with Crippen molar-refractivity contribution in [2.24, 2.45) is 5.73 Å². The van der Waals surface area contributed by atoms with E-state index in [4.69, 9.17) is 15.2 Å². The van der Waals surface area contributed by atoms with E-state index in [1.54, 1.807) is 60.7 Å². The molecule has 0 aliphatic heterocycles. The summed E-state index contributed by atoms with van der Waals surface area (Å²) in [7, 11) is 0. The van der Waals surface area contributed by atoms with Gasteiger partial charge in [-0.05, 0) is 24.0 Å². The predicted molar refractivity (Wildman–Crippen MR) is 123 cm³/mol. The Morgan fingerprint density at radius 2 is 1.54 bits per heavy atom. The smallest absolute Gasteiger partial charge is 0.330 e. The molecule has 0 heterocycles. The summed E-state index contributed by atoms with van der Waals surface area (Å²) in [6, 6.07) is 14.7. The quantitative estimate of drug-likeness (QED) is 0.402. The first-order chi connectivity index (χ1) is 16.5. The molecule has 186 valence electrons. The average Bonchev–Trinajstić information content (AvgIpc) is 3.09. The highest BCUT2D eigenvalue weighted by molar-refractivity contribution is 5.92. The Kier molecular flexibility index (Phi) is 7.57. The first-order valence-electron chi connectivity index (χ1n) is 11.0. The number of carboxylic acids is 1. The minimum absolute atomic E-state index is 0.0251. The number of nitrogens with one attached hydrogen (secondary N) is 1. The summed E-state index contributed by atoms with van der Waals surface area (Å²) >= 11 is 0. The lowest BCUT2D eigenvalue weighted by Gasteiger charge is -2.37. The van der Waals surface area contributed by atoms with Crippen LogP contribution in [0.5, 0.6) is 0 Å². The van der Waals surface area contributed by atoms with Gasteiger partial charge in [-0.1, -0.05) is 60.7 Å². The lowest BCUT2D eigenvalue weighted by Crippen LogP contribution is -2.65. The molecule has 1 aliphatic rings. The molecular formula is C25H28N2O8. The van der Waals surface area contributed by atoms with Gasteiger partial charge in [0.15, 0.2) is 18.2 Å². The van der Waals surface area contributed by atoms with Crippen LogP contribution in [0.2, 0.25) is 0 Å². The fourth-order valence-corrected chi connectivity index (χ4v) is 4.40. The topological polar surface area (TPSA) is 165 Å². The molecule has 0 spiro atoms. The number of carbonyl (C=O) groups is 4. The number of hydrogen-bond acceptors (Lipinski definition) is 8. The van der Waals surface area contributed by atoms with Crippen LogP contribution in [0.15, 0.2) is 60.7 Å². The van der Waals surface area contributed by atoms with Crippen molar-refractivity contribution in [3.8, 4) is 0 Å². The Hall–Kier alpha value is -3.76. The van der Waals surface area contributed by atoms with Gasteiger partial charge in [0.05, 0.1) is 0 Å². The van der Waals surface area contributed by atoms with Crippen molar-refractivity contribution in [3.05, 3.63) is 71.8 Å². The normalized spacial score (nSPS) is 25.2. The number of rotatable bonds is 8. The Labute approximate surface area is 202 Å². The van der Waals surface area contributed by atoms with E-state index in [2.05, 4.69) is 5.32 Å². The number of aliphatic hydroxyl groups is 1. The van der Waals surface area contributed by atoms with Crippen molar-refractivity contribution in [3.63, 3.8) is 0 Å². The molecule has 2 aromatic carbocycles. The predicted octanol–water partition coefficient (Wildman–Crippen LogP) is 1.17. The molecule has 2 aromatic rings. The number of amides is 1. The maximum Gasteiger partial charge on any atom is 0.330 e. The monoisotopic (exact) mass is 484 g/mol. The van der Waals surface area contributed by atoms with Gasteiger partial charge in [0, 0.05) is 13.8 Å². The second-order valence-electron chi connectivity index (χ2n) is 8.55. The number of esters is 2. The fourth-order valence-electron chi connectivity index (χ4n) is 4.40. The van der Waals surface area contributed by atoms with E-state index in [1.165, 1.54) is 0 Å². The first-order valence-corrected chi connectivity index (χ1v) is 11.0. The van der Waals surface area contributed by atoms with Gasteiger partial charge in [0.25, 0.3) is 0 Å². The second kappa shape index (κ2) is 10.2. The van der Waals surface area contributed by atoms with Gasteiger partial charge >= 0.3 is 17.9 Å². The molecule has 10 heteroatoms. The molecule has 1 fully saturated rings. The molecule has 1 amide bonds. The SMILES string of the molecule is CC(=O)OC(c1ccccc1)C(NC(=O)C1(N)CCC(O)(c2ccccc2)C1OC(C)=O)C(=O)O. The van der Waals surface area contributed by atoms with E-state index < -0.39 is 53.2 Å². The van der Waals surface area contributed by atoms with E-state index in [-0.39, 0.29) is 12.8 Å². The van der Waals surface area contributed by atoms with Gasteiger partial charge < -0.3 is 30.7 Å². The van der Waals surface area contributed by atoms with Crippen LogP contribution in [0.3, 0.4) is 0 Å². The Bertz CT molecular complexity index is 1090. The van der Waals surface area contributed by atoms with Gasteiger partial charge in [-0.15, -0.1) is 0 Å². The maximum atomic E-state index is 13.5. The van der Waals surface area contributed by atoms with Crippen LogP contribution in [0.4, 0.5) is 0 Å². The zero-order chi connectivity index (χ0) is 25.8. The zero-order valence-electron chi connectivity index (χ0n) is 19.3. The number of aliphatic carboxylic acids is 1. The Morgan fingerprint density at radius 1 is 0.971 bits per heavy atom.